The lowest BCUT2D eigenvalue weighted by atomic mass is 10.2. The van der Waals surface area contributed by atoms with Gasteiger partial charge in [-0.3, -0.25) is 4.79 Å². The number of hydrogen-bond acceptors (Lipinski definition) is 4. The van der Waals surface area contributed by atoms with E-state index in [0.29, 0.717) is 24.1 Å². The number of rotatable bonds is 5. The first kappa shape index (κ1) is 12.9. The monoisotopic (exact) mass is 259 g/mol. The first-order chi connectivity index (χ1) is 9.17. The van der Waals surface area contributed by atoms with E-state index in [1.54, 1.807) is 16.8 Å². The van der Waals surface area contributed by atoms with Crippen molar-refractivity contribution in [3.63, 3.8) is 0 Å². The third kappa shape index (κ3) is 2.52. The van der Waals surface area contributed by atoms with Gasteiger partial charge in [0.15, 0.2) is 6.29 Å². The zero-order valence-corrected chi connectivity index (χ0v) is 10.4. The van der Waals surface area contributed by atoms with Crippen LogP contribution in [-0.2, 0) is 6.42 Å². The Hall–Kier alpha value is -2.50. The Balaban J connectivity index is 2.43. The van der Waals surface area contributed by atoms with Gasteiger partial charge < -0.3 is 5.11 Å². The molecule has 0 unspecified atom stereocenters. The molecule has 19 heavy (non-hydrogen) atoms. The molecular formula is C13H13N3O3. The van der Waals surface area contributed by atoms with E-state index in [0.717, 1.165) is 12.1 Å². The molecule has 2 aromatic rings. The zero-order valence-electron chi connectivity index (χ0n) is 10.4. The quantitative estimate of drug-likeness (QED) is 0.826. The minimum Gasteiger partial charge on any atom is -0.478 e. The van der Waals surface area contributed by atoms with Gasteiger partial charge in [0.05, 0.1) is 16.9 Å². The van der Waals surface area contributed by atoms with Gasteiger partial charge in [-0.25, -0.2) is 9.48 Å². The molecule has 0 amide bonds. The van der Waals surface area contributed by atoms with Gasteiger partial charge in [0.2, 0.25) is 0 Å². The van der Waals surface area contributed by atoms with E-state index in [1.165, 1.54) is 12.1 Å². The highest BCUT2D eigenvalue weighted by atomic mass is 16.4. The molecule has 1 N–H and O–H groups in total. The first-order valence-corrected chi connectivity index (χ1v) is 5.90. The molecule has 1 aromatic carbocycles. The first-order valence-electron chi connectivity index (χ1n) is 5.90. The molecule has 6 heteroatoms. The van der Waals surface area contributed by atoms with Crippen LogP contribution in [0.25, 0.3) is 5.69 Å². The number of carbonyl (C=O) groups is 2. The molecule has 0 spiro atoms. The third-order valence-corrected chi connectivity index (χ3v) is 2.75. The molecule has 0 saturated heterocycles. The number of carboxylic acid groups (broad SMARTS) is 1. The summed E-state index contributed by atoms with van der Waals surface area (Å²) < 4.78 is 1.57. The summed E-state index contributed by atoms with van der Waals surface area (Å²) in [6, 6.07) is 6.28. The second-order valence-electron chi connectivity index (χ2n) is 4.05. The van der Waals surface area contributed by atoms with Crippen molar-refractivity contribution in [2.75, 3.05) is 0 Å². The van der Waals surface area contributed by atoms with E-state index in [2.05, 4.69) is 10.3 Å². The number of aromatic carboxylic acids is 1. The maximum absolute atomic E-state index is 10.9. The van der Waals surface area contributed by atoms with E-state index in [-0.39, 0.29) is 5.56 Å². The molecule has 1 heterocycles. The van der Waals surface area contributed by atoms with Crippen LogP contribution in [0.3, 0.4) is 0 Å². The number of aldehydes is 1. The van der Waals surface area contributed by atoms with Crippen molar-refractivity contribution in [3.8, 4) is 5.69 Å². The van der Waals surface area contributed by atoms with Crippen LogP contribution < -0.4 is 0 Å². The van der Waals surface area contributed by atoms with Crippen molar-refractivity contribution >= 4 is 12.3 Å². The fourth-order valence-corrected chi connectivity index (χ4v) is 1.83. The van der Waals surface area contributed by atoms with E-state index >= 15 is 0 Å². The lowest BCUT2D eigenvalue weighted by Crippen LogP contribution is -2.04. The smallest absolute Gasteiger partial charge is 0.335 e. The van der Waals surface area contributed by atoms with Crippen molar-refractivity contribution < 1.29 is 14.7 Å². The van der Waals surface area contributed by atoms with Crippen molar-refractivity contribution in [3.05, 3.63) is 41.2 Å². The minimum atomic E-state index is -0.979. The predicted octanol–water partition coefficient (Wildman–Crippen LogP) is 1.73. The Morgan fingerprint density at radius 3 is 2.58 bits per heavy atom. The predicted molar refractivity (Wildman–Crippen MR) is 67.7 cm³/mol. The average Bonchev–Trinajstić information content (AvgIpc) is 2.82. The lowest BCUT2D eigenvalue weighted by Gasteiger charge is -2.06. The molecule has 0 aliphatic carbocycles. The molecule has 98 valence electrons. The summed E-state index contributed by atoms with van der Waals surface area (Å²) in [5, 5.41) is 16.6. The van der Waals surface area contributed by atoms with E-state index in [9.17, 15) is 9.59 Å². The average molecular weight is 259 g/mol. The Morgan fingerprint density at radius 2 is 2.05 bits per heavy atom. The van der Waals surface area contributed by atoms with Crippen LogP contribution in [0.4, 0.5) is 0 Å². The van der Waals surface area contributed by atoms with Crippen LogP contribution in [0.2, 0.25) is 0 Å². The number of aromatic nitrogens is 3. The molecule has 0 bridgehead atoms. The fraction of sp³-hybridized carbons (Fsp3) is 0.231. The molecular weight excluding hydrogens is 246 g/mol. The molecule has 6 nitrogen and oxygen atoms in total. The van der Waals surface area contributed by atoms with Gasteiger partial charge in [0.25, 0.3) is 0 Å². The van der Waals surface area contributed by atoms with Gasteiger partial charge in [-0.1, -0.05) is 18.6 Å². The molecule has 0 atom stereocenters. The zero-order chi connectivity index (χ0) is 13.8. The van der Waals surface area contributed by atoms with Gasteiger partial charge in [-0.15, -0.1) is 5.10 Å². The van der Waals surface area contributed by atoms with Crippen LogP contribution in [0.1, 0.15) is 39.9 Å². The van der Waals surface area contributed by atoms with Crippen LogP contribution in [0, 0.1) is 0 Å². The van der Waals surface area contributed by atoms with Gasteiger partial charge >= 0.3 is 5.97 Å². The standard InChI is InChI=1S/C13H13N3O3/c1-2-3-12-11(8-17)14-15-16(12)10-6-4-9(5-7-10)13(18)19/h4-8H,2-3H2,1H3,(H,18,19). The highest BCUT2D eigenvalue weighted by Crippen LogP contribution is 2.14. The summed E-state index contributed by atoms with van der Waals surface area (Å²) in [5.41, 5.74) is 1.95. The molecule has 0 saturated carbocycles. The second kappa shape index (κ2) is 5.43. The molecule has 0 fully saturated rings. The summed E-state index contributed by atoms with van der Waals surface area (Å²) in [5.74, 6) is -0.979. The van der Waals surface area contributed by atoms with Gasteiger partial charge in [0, 0.05) is 0 Å². The van der Waals surface area contributed by atoms with Crippen molar-refractivity contribution in [1.29, 1.82) is 0 Å². The van der Waals surface area contributed by atoms with Gasteiger partial charge in [-0.2, -0.15) is 0 Å². The normalized spacial score (nSPS) is 10.4. The maximum atomic E-state index is 10.9. The van der Waals surface area contributed by atoms with E-state index < -0.39 is 5.97 Å². The van der Waals surface area contributed by atoms with Crippen LogP contribution >= 0.6 is 0 Å². The number of nitrogens with zero attached hydrogens (tertiary/aromatic N) is 3. The van der Waals surface area contributed by atoms with Gasteiger partial charge in [0.1, 0.15) is 5.69 Å². The Kier molecular flexibility index (Phi) is 3.70. The third-order valence-electron chi connectivity index (χ3n) is 2.75. The summed E-state index contributed by atoms with van der Waals surface area (Å²) >= 11 is 0. The lowest BCUT2D eigenvalue weighted by molar-refractivity contribution is 0.0696. The molecule has 0 aliphatic rings. The van der Waals surface area contributed by atoms with Crippen LogP contribution in [0.15, 0.2) is 24.3 Å². The summed E-state index contributed by atoms with van der Waals surface area (Å²) in [6.45, 7) is 2.00. The number of benzene rings is 1. The highest BCUT2D eigenvalue weighted by Gasteiger charge is 2.13. The number of carboxylic acids is 1. The summed E-state index contributed by atoms with van der Waals surface area (Å²) in [4.78, 5) is 21.7. The second-order valence-corrected chi connectivity index (χ2v) is 4.05. The van der Waals surface area contributed by atoms with E-state index in [4.69, 9.17) is 5.11 Å². The minimum absolute atomic E-state index is 0.205. The van der Waals surface area contributed by atoms with Crippen LogP contribution in [-0.4, -0.2) is 32.4 Å². The summed E-state index contributed by atoms with van der Waals surface area (Å²) in [7, 11) is 0. The number of carbonyl (C=O) groups excluding carboxylic acids is 1. The van der Waals surface area contributed by atoms with Crippen molar-refractivity contribution in [2.24, 2.45) is 0 Å². The summed E-state index contributed by atoms with van der Waals surface area (Å²) in [6.07, 6.45) is 2.23. The van der Waals surface area contributed by atoms with Crippen molar-refractivity contribution in [2.45, 2.75) is 19.8 Å². The fourth-order valence-electron chi connectivity index (χ4n) is 1.83. The Labute approximate surface area is 109 Å². The maximum Gasteiger partial charge on any atom is 0.335 e. The molecule has 0 aliphatic heterocycles. The Morgan fingerprint density at radius 1 is 1.37 bits per heavy atom. The SMILES string of the molecule is CCCc1c(C=O)nnn1-c1ccc(C(=O)O)cc1. The largest absolute Gasteiger partial charge is 0.478 e. The van der Waals surface area contributed by atoms with Crippen molar-refractivity contribution in [1.82, 2.24) is 15.0 Å². The molecule has 1 aromatic heterocycles. The van der Waals surface area contributed by atoms with E-state index in [1.807, 2.05) is 6.92 Å². The van der Waals surface area contributed by atoms with Crippen LogP contribution in [0.5, 0.6) is 0 Å². The topological polar surface area (TPSA) is 85.1 Å². The number of hydrogen-bond donors (Lipinski definition) is 1. The molecule has 0 radical (unpaired) electrons. The highest BCUT2D eigenvalue weighted by molar-refractivity contribution is 5.87. The molecule has 2 rings (SSSR count). The van der Waals surface area contributed by atoms with Gasteiger partial charge in [-0.05, 0) is 30.7 Å². The Bertz CT molecular complexity index is 602.